The number of unbranched alkanes of at least 4 members (excludes halogenated alkanes) is 1. The Bertz CT molecular complexity index is 306. The van der Waals surface area contributed by atoms with Crippen LogP contribution < -0.4 is 0 Å². The predicted octanol–water partition coefficient (Wildman–Crippen LogP) is 7.89. The standard InChI is InChI=1S/C9H9Cl11/c10-4-2-1-3-6(12,13)5(11)7(14,15)8(16,17)9(18,19)20/h5H,1-4H2. The normalized spacial score (nSPS) is 16.4. The first-order chi connectivity index (χ1) is 8.72. The first-order valence-electron chi connectivity index (χ1n) is 5.12. The molecule has 0 heterocycles. The Labute approximate surface area is 173 Å². The Morgan fingerprint density at radius 2 is 1.20 bits per heavy atom. The number of hydrogen-bond donors (Lipinski definition) is 0. The SMILES string of the molecule is ClCCCCC(Cl)(Cl)C(Cl)C(Cl)(Cl)C(Cl)(Cl)C(Cl)(Cl)Cl. The van der Waals surface area contributed by atoms with E-state index in [-0.39, 0.29) is 6.42 Å². The van der Waals surface area contributed by atoms with Gasteiger partial charge in [-0.25, -0.2) is 0 Å². The number of halogens is 11. The van der Waals surface area contributed by atoms with Crippen LogP contribution in [0.3, 0.4) is 0 Å². The molecule has 0 amide bonds. The lowest BCUT2D eigenvalue weighted by molar-refractivity contribution is 0.533. The first kappa shape index (κ1) is 23.2. The lowest BCUT2D eigenvalue weighted by atomic mass is 10.1. The van der Waals surface area contributed by atoms with E-state index in [0.717, 1.165) is 0 Å². The fourth-order valence-electron chi connectivity index (χ4n) is 1.20. The summed E-state index contributed by atoms with van der Waals surface area (Å²) in [5.41, 5.74) is 0. The molecule has 0 aliphatic heterocycles. The van der Waals surface area contributed by atoms with Crippen molar-refractivity contribution >= 4 is 128 Å². The topological polar surface area (TPSA) is 0 Å². The van der Waals surface area contributed by atoms with Gasteiger partial charge in [0.25, 0.3) is 0 Å². The summed E-state index contributed by atoms with van der Waals surface area (Å²) in [4.78, 5) is 0. The smallest absolute Gasteiger partial charge is 0.127 e. The van der Waals surface area contributed by atoms with Gasteiger partial charge >= 0.3 is 0 Å². The van der Waals surface area contributed by atoms with Crippen molar-refractivity contribution < 1.29 is 0 Å². The van der Waals surface area contributed by atoms with Gasteiger partial charge in [0.1, 0.15) is 9.71 Å². The minimum atomic E-state index is -2.25. The first-order valence-corrected chi connectivity index (χ1v) is 9.49. The molecule has 122 valence electrons. The highest BCUT2D eigenvalue weighted by Gasteiger charge is 2.65. The van der Waals surface area contributed by atoms with Crippen LogP contribution in [0.25, 0.3) is 0 Å². The van der Waals surface area contributed by atoms with Crippen LogP contribution in [-0.4, -0.2) is 28.0 Å². The zero-order valence-corrected chi connectivity index (χ0v) is 17.9. The van der Waals surface area contributed by atoms with E-state index in [1.807, 2.05) is 0 Å². The molecule has 0 aliphatic rings. The molecular formula is C9H9Cl11. The van der Waals surface area contributed by atoms with Gasteiger partial charge in [-0.3, -0.25) is 0 Å². The summed E-state index contributed by atoms with van der Waals surface area (Å²) in [5, 5.41) is -1.32. The van der Waals surface area contributed by atoms with Gasteiger partial charge in [0.2, 0.25) is 3.79 Å². The van der Waals surface area contributed by atoms with E-state index < -0.39 is 22.2 Å². The predicted molar refractivity (Wildman–Crippen MR) is 97.8 cm³/mol. The maximum Gasteiger partial charge on any atom is 0.226 e. The molecule has 0 fully saturated rings. The van der Waals surface area contributed by atoms with Crippen LogP contribution >= 0.6 is 128 Å². The minimum absolute atomic E-state index is 0.252. The fraction of sp³-hybridized carbons (Fsp3) is 1.00. The molecule has 0 aromatic heterocycles. The van der Waals surface area contributed by atoms with Gasteiger partial charge in [0, 0.05) is 5.88 Å². The van der Waals surface area contributed by atoms with Gasteiger partial charge in [-0.1, -0.05) is 104 Å². The van der Waals surface area contributed by atoms with Crippen molar-refractivity contribution in [2.24, 2.45) is 0 Å². The van der Waals surface area contributed by atoms with Gasteiger partial charge in [-0.2, -0.15) is 0 Å². The fourth-order valence-corrected chi connectivity index (χ4v) is 4.20. The maximum absolute atomic E-state index is 6.14. The summed E-state index contributed by atoms with van der Waals surface area (Å²) in [5.74, 6) is 0.451. The van der Waals surface area contributed by atoms with Gasteiger partial charge in [0.05, 0.1) is 0 Å². The van der Waals surface area contributed by atoms with Crippen molar-refractivity contribution in [2.75, 3.05) is 5.88 Å². The van der Waals surface area contributed by atoms with Crippen LogP contribution in [0.2, 0.25) is 0 Å². The minimum Gasteiger partial charge on any atom is -0.127 e. The lowest BCUT2D eigenvalue weighted by Gasteiger charge is -2.43. The highest BCUT2D eigenvalue weighted by molar-refractivity contribution is 6.79. The molecule has 1 unspecified atom stereocenters. The summed E-state index contributed by atoms with van der Waals surface area (Å²) in [7, 11) is 0. The molecule has 0 radical (unpaired) electrons. The van der Waals surface area contributed by atoms with Gasteiger partial charge in [-0.05, 0) is 19.3 Å². The molecule has 0 rings (SSSR count). The molecular weight excluding hydrogens is 498 g/mol. The average molecular weight is 507 g/mol. The van der Waals surface area contributed by atoms with Crippen molar-refractivity contribution in [3.8, 4) is 0 Å². The molecule has 0 bridgehead atoms. The summed E-state index contributed by atoms with van der Waals surface area (Å²) in [6.07, 6.45) is 1.53. The molecule has 20 heavy (non-hydrogen) atoms. The average Bonchev–Trinajstić information content (AvgIpc) is 2.26. The number of rotatable bonds is 7. The molecule has 1 atom stereocenters. The highest BCUT2D eigenvalue weighted by atomic mass is 35.6. The largest absolute Gasteiger partial charge is 0.226 e. The van der Waals surface area contributed by atoms with Crippen molar-refractivity contribution in [1.82, 2.24) is 0 Å². The number of alkyl halides is 11. The van der Waals surface area contributed by atoms with E-state index in [1.165, 1.54) is 0 Å². The summed E-state index contributed by atoms with van der Waals surface area (Å²) in [6, 6.07) is 0. The van der Waals surface area contributed by atoms with Crippen molar-refractivity contribution in [1.29, 1.82) is 0 Å². The van der Waals surface area contributed by atoms with Crippen LogP contribution in [0.15, 0.2) is 0 Å². The zero-order valence-electron chi connectivity index (χ0n) is 9.56. The van der Waals surface area contributed by atoms with E-state index in [9.17, 15) is 0 Å². The summed E-state index contributed by atoms with van der Waals surface area (Å²) >= 11 is 65.0. The van der Waals surface area contributed by atoms with E-state index in [1.54, 1.807) is 0 Å². The van der Waals surface area contributed by atoms with Gasteiger partial charge in [-0.15, -0.1) is 23.2 Å². The molecule has 0 aliphatic carbocycles. The molecule has 0 spiro atoms. The van der Waals surface area contributed by atoms with E-state index >= 15 is 0 Å². The second-order valence-electron chi connectivity index (χ2n) is 3.96. The Hall–Kier alpha value is 3.19. The highest BCUT2D eigenvalue weighted by Crippen LogP contribution is 2.61. The molecule has 0 aromatic rings. The van der Waals surface area contributed by atoms with Crippen LogP contribution in [0.1, 0.15) is 19.3 Å². The Kier molecular flexibility index (Phi) is 9.88. The third kappa shape index (κ3) is 5.62. The second kappa shape index (κ2) is 8.52. The maximum atomic E-state index is 6.14. The Morgan fingerprint density at radius 1 is 0.750 bits per heavy atom. The summed E-state index contributed by atoms with van der Waals surface area (Å²) in [6.45, 7) is 0. The number of hydrogen-bond acceptors (Lipinski definition) is 0. The van der Waals surface area contributed by atoms with Gasteiger partial charge in [0.15, 0.2) is 8.67 Å². The van der Waals surface area contributed by atoms with Crippen LogP contribution in [0, 0.1) is 0 Å². The quantitative estimate of drug-likeness (QED) is 0.243. The van der Waals surface area contributed by atoms with E-state index in [2.05, 4.69) is 0 Å². The lowest BCUT2D eigenvalue weighted by Crippen LogP contribution is -2.56. The monoisotopic (exact) mass is 502 g/mol. The van der Waals surface area contributed by atoms with Crippen LogP contribution in [-0.2, 0) is 0 Å². The van der Waals surface area contributed by atoms with E-state index in [4.69, 9.17) is 128 Å². The Morgan fingerprint density at radius 3 is 1.55 bits per heavy atom. The molecule has 11 heteroatoms. The van der Waals surface area contributed by atoms with Crippen molar-refractivity contribution in [3.05, 3.63) is 0 Å². The third-order valence-electron chi connectivity index (χ3n) is 2.36. The van der Waals surface area contributed by atoms with E-state index in [0.29, 0.717) is 18.7 Å². The molecule has 0 saturated heterocycles. The third-order valence-corrected chi connectivity index (χ3v) is 8.57. The summed E-state index contributed by atoms with van der Waals surface area (Å²) < 4.78 is -8.14. The zero-order chi connectivity index (χ0) is 16.4. The van der Waals surface area contributed by atoms with Crippen LogP contribution in [0.4, 0.5) is 0 Å². The molecule has 0 nitrogen and oxygen atoms in total. The van der Waals surface area contributed by atoms with Crippen molar-refractivity contribution in [3.63, 3.8) is 0 Å². The molecule has 0 saturated carbocycles. The van der Waals surface area contributed by atoms with Crippen LogP contribution in [0.5, 0.6) is 0 Å². The van der Waals surface area contributed by atoms with Gasteiger partial charge < -0.3 is 0 Å². The van der Waals surface area contributed by atoms with Crippen molar-refractivity contribution in [2.45, 2.75) is 41.4 Å². The Balaban J connectivity index is 5.19. The molecule has 0 N–H and O–H groups in total. The molecule has 0 aromatic carbocycles. The second-order valence-corrected chi connectivity index (χ2v) is 11.3.